The lowest BCUT2D eigenvalue weighted by molar-refractivity contribution is -0.122. The van der Waals surface area contributed by atoms with E-state index in [1.54, 1.807) is 11.0 Å². The summed E-state index contributed by atoms with van der Waals surface area (Å²) < 4.78 is 11.0. The monoisotopic (exact) mass is 382 g/mol. The Morgan fingerprint density at radius 1 is 1.11 bits per heavy atom. The summed E-state index contributed by atoms with van der Waals surface area (Å²) in [6, 6.07) is 14.7. The van der Waals surface area contributed by atoms with E-state index < -0.39 is 0 Å². The largest absolute Gasteiger partial charge is 0.494 e. The minimum atomic E-state index is -0.390. The van der Waals surface area contributed by atoms with Crippen molar-refractivity contribution in [2.75, 3.05) is 30.0 Å². The topological polar surface area (TPSA) is 67.9 Å². The van der Waals surface area contributed by atoms with Crippen LogP contribution in [0, 0.1) is 5.92 Å². The zero-order chi connectivity index (χ0) is 19.9. The van der Waals surface area contributed by atoms with Gasteiger partial charge >= 0.3 is 0 Å². The fourth-order valence-corrected chi connectivity index (χ4v) is 3.15. The standard InChI is InChI=1S/C22H26N2O4/c1-3-12-28-19-10-8-18(9-11-19)24-15-16(13-21(24)25)22(26)23-17-6-5-7-20(14-17)27-4-2/h5-11,14,16H,3-4,12-13,15H2,1-2H3,(H,23,26)/t16-/m0/s1. The number of anilines is 2. The number of carbonyl (C=O) groups is 2. The Labute approximate surface area is 165 Å². The third kappa shape index (κ3) is 4.82. The average Bonchev–Trinajstić information content (AvgIpc) is 3.09. The quantitative estimate of drug-likeness (QED) is 0.753. The van der Waals surface area contributed by atoms with Crippen molar-refractivity contribution in [3.05, 3.63) is 48.5 Å². The van der Waals surface area contributed by atoms with Gasteiger partial charge in [-0.3, -0.25) is 9.59 Å². The molecule has 2 amide bonds. The minimum absolute atomic E-state index is 0.0505. The molecule has 0 bridgehead atoms. The first-order valence-electron chi connectivity index (χ1n) is 9.67. The van der Waals surface area contributed by atoms with Crippen molar-refractivity contribution in [1.82, 2.24) is 0 Å². The molecule has 2 aromatic rings. The van der Waals surface area contributed by atoms with Gasteiger partial charge in [-0.2, -0.15) is 0 Å². The summed E-state index contributed by atoms with van der Waals surface area (Å²) in [4.78, 5) is 26.7. The lowest BCUT2D eigenvalue weighted by Crippen LogP contribution is -2.28. The van der Waals surface area contributed by atoms with Crippen molar-refractivity contribution in [2.24, 2.45) is 5.92 Å². The van der Waals surface area contributed by atoms with Gasteiger partial charge in [0.1, 0.15) is 11.5 Å². The predicted octanol–water partition coefficient (Wildman–Crippen LogP) is 3.87. The number of carbonyl (C=O) groups excluding carboxylic acids is 2. The van der Waals surface area contributed by atoms with Crippen molar-refractivity contribution in [2.45, 2.75) is 26.7 Å². The van der Waals surface area contributed by atoms with Gasteiger partial charge in [-0.25, -0.2) is 0 Å². The second-order valence-corrected chi connectivity index (χ2v) is 6.70. The molecule has 3 rings (SSSR count). The van der Waals surface area contributed by atoms with Crippen molar-refractivity contribution in [1.29, 1.82) is 0 Å². The highest BCUT2D eigenvalue weighted by molar-refractivity contribution is 6.03. The van der Waals surface area contributed by atoms with E-state index in [2.05, 4.69) is 12.2 Å². The van der Waals surface area contributed by atoms with Crippen LogP contribution >= 0.6 is 0 Å². The molecule has 1 atom stereocenters. The third-order valence-corrected chi connectivity index (χ3v) is 4.53. The second kappa shape index (κ2) is 9.26. The van der Waals surface area contributed by atoms with E-state index in [9.17, 15) is 9.59 Å². The van der Waals surface area contributed by atoms with Crippen LogP contribution in [-0.2, 0) is 9.59 Å². The summed E-state index contributed by atoms with van der Waals surface area (Å²) in [5.74, 6) is 0.882. The molecule has 0 spiro atoms. The van der Waals surface area contributed by atoms with E-state index in [1.165, 1.54) is 0 Å². The normalized spacial score (nSPS) is 16.1. The second-order valence-electron chi connectivity index (χ2n) is 6.70. The molecule has 0 aromatic heterocycles. The van der Waals surface area contributed by atoms with Crippen LogP contribution in [0.5, 0.6) is 11.5 Å². The van der Waals surface area contributed by atoms with Gasteiger partial charge in [-0.05, 0) is 49.7 Å². The summed E-state index contributed by atoms with van der Waals surface area (Å²) in [6.45, 7) is 5.55. The van der Waals surface area contributed by atoms with Crippen LogP contribution in [0.3, 0.4) is 0 Å². The maximum Gasteiger partial charge on any atom is 0.229 e. The van der Waals surface area contributed by atoms with Gasteiger partial charge in [0, 0.05) is 30.4 Å². The molecule has 0 radical (unpaired) electrons. The van der Waals surface area contributed by atoms with Crippen LogP contribution in [-0.4, -0.2) is 31.6 Å². The predicted molar refractivity (Wildman–Crippen MR) is 109 cm³/mol. The fourth-order valence-electron chi connectivity index (χ4n) is 3.15. The third-order valence-electron chi connectivity index (χ3n) is 4.53. The van der Waals surface area contributed by atoms with E-state index >= 15 is 0 Å². The summed E-state index contributed by atoms with van der Waals surface area (Å²) in [5.41, 5.74) is 1.45. The molecule has 6 heteroatoms. The van der Waals surface area contributed by atoms with Crippen LogP contribution in [0.15, 0.2) is 48.5 Å². The fraction of sp³-hybridized carbons (Fsp3) is 0.364. The van der Waals surface area contributed by atoms with Crippen molar-refractivity contribution < 1.29 is 19.1 Å². The molecule has 0 unspecified atom stereocenters. The van der Waals surface area contributed by atoms with E-state index in [0.717, 1.165) is 17.9 Å². The van der Waals surface area contributed by atoms with Crippen LogP contribution in [0.25, 0.3) is 0 Å². The smallest absolute Gasteiger partial charge is 0.229 e. The van der Waals surface area contributed by atoms with Gasteiger partial charge in [-0.1, -0.05) is 13.0 Å². The van der Waals surface area contributed by atoms with Crippen LogP contribution in [0.4, 0.5) is 11.4 Å². The SMILES string of the molecule is CCCOc1ccc(N2C[C@@H](C(=O)Nc3cccc(OCC)c3)CC2=O)cc1. The van der Waals surface area contributed by atoms with E-state index in [1.807, 2.05) is 49.4 Å². The Morgan fingerprint density at radius 3 is 2.61 bits per heavy atom. The number of hydrogen-bond donors (Lipinski definition) is 1. The van der Waals surface area contributed by atoms with E-state index in [-0.39, 0.29) is 24.2 Å². The van der Waals surface area contributed by atoms with Crippen LogP contribution in [0.2, 0.25) is 0 Å². The Kier molecular flexibility index (Phi) is 6.53. The molecule has 6 nitrogen and oxygen atoms in total. The van der Waals surface area contributed by atoms with E-state index in [4.69, 9.17) is 9.47 Å². The Morgan fingerprint density at radius 2 is 1.89 bits per heavy atom. The van der Waals surface area contributed by atoms with Gasteiger partial charge in [0.15, 0.2) is 0 Å². The first kappa shape index (κ1) is 19.7. The Bertz CT molecular complexity index is 820. The number of rotatable bonds is 8. The summed E-state index contributed by atoms with van der Waals surface area (Å²) in [7, 11) is 0. The molecule has 1 aliphatic heterocycles. The lowest BCUT2D eigenvalue weighted by atomic mass is 10.1. The zero-order valence-electron chi connectivity index (χ0n) is 16.3. The van der Waals surface area contributed by atoms with Gasteiger partial charge in [0.05, 0.1) is 19.1 Å². The van der Waals surface area contributed by atoms with Crippen molar-refractivity contribution in [3.8, 4) is 11.5 Å². The average molecular weight is 382 g/mol. The molecule has 1 N–H and O–H groups in total. The van der Waals surface area contributed by atoms with Gasteiger partial charge in [-0.15, -0.1) is 0 Å². The molecule has 2 aromatic carbocycles. The molecule has 28 heavy (non-hydrogen) atoms. The Hall–Kier alpha value is -3.02. The molecular weight excluding hydrogens is 356 g/mol. The Balaban J connectivity index is 1.62. The molecule has 1 heterocycles. The highest BCUT2D eigenvalue weighted by Crippen LogP contribution is 2.28. The summed E-state index contributed by atoms with van der Waals surface area (Å²) in [5, 5.41) is 2.89. The van der Waals surface area contributed by atoms with Crippen molar-refractivity contribution in [3.63, 3.8) is 0 Å². The number of amides is 2. The number of nitrogens with zero attached hydrogens (tertiary/aromatic N) is 1. The van der Waals surface area contributed by atoms with E-state index in [0.29, 0.717) is 31.2 Å². The first-order chi connectivity index (χ1) is 13.6. The lowest BCUT2D eigenvalue weighted by Gasteiger charge is -2.17. The number of ether oxygens (including phenoxy) is 2. The maximum atomic E-state index is 12.6. The molecule has 1 saturated heterocycles. The van der Waals surface area contributed by atoms with Crippen molar-refractivity contribution >= 4 is 23.2 Å². The van der Waals surface area contributed by atoms with Gasteiger partial charge < -0.3 is 19.7 Å². The minimum Gasteiger partial charge on any atom is -0.494 e. The molecule has 148 valence electrons. The molecule has 1 fully saturated rings. The maximum absolute atomic E-state index is 12.6. The molecule has 0 aliphatic carbocycles. The number of hydrogen-bond acceptors (Lipinski definition) is 4. The zero-order valence-corrected chi connectivity index (χ0v) is 16.3. The highest BCUT2D eigenvalue weighted by atomic mass is 16.5. The summed E-state index contributed by atoms with van der Waals surface area (Å²) in [6.07, 6.45) is 1.14. The molecule has 1 aliphatic rings. The number of nitrogens with one attached hydrogen (secondary N) is 1. The summed E-state index contributed by atoms with van der Waals surface area (Å²) >= 11 is 0. The molecular formula is C22H26N2O4. The first-order valence-corrected chi connectivity index (χ1v) is 9.67. The highest BCUT2D eigenvalue weighted by Gasteiger charge is 2.35. The van der Waals surface area contributed by atoms with Crippen LogP contribution in [0.1, 0.15) is 26.7 Å². The van der Waals surface area contributed by atoms with Gasteiger partial charge in [0.2, 0.25) is 11.8 Å². The number of benzene rings is 2. The van der Waals surface area contributed by atoms with Crippen LogP contribution < -0.4 is 19.7 Å². The molecule has 0 saturated carbocycles. The van der Waals surface area contributed by atoms with Gasteiger partial charge in [0.25, 0.3) is 0 Å².